The molecule has 0 spiro atoms. The van der Waals surface area contributed by atoms with Gasteiger partial charge in [-0.05, 0) is 25.5 Å². The summed E-state index contributed by atoms with van der Waals surface area (Å²) in [6.07, 6.45) is 1.80. The summed E-state index contributed by atoms with van der Waals surface area (Å²) >= 11 is 4.25. The van der Waals surface area contributed by atoms with Crippen LogP contribution in [0.3, 0.4) is 0 Å². The number of pyridine rings is 1. The molecule has 1 aromatic heterocycles. The van der Waals surface area contributed by atoms with Gasteiger partial charge in [0.1, 0.15) is 0 Å². The zero-order chi connectivity index (χ0) is 6.85. The Bertz CT molecular complexity index is 200. The van der Waals surface area contributed by atoms with Crippen molar-refractivity contribution in [2.75, 3.05) is 0 Å². The highest BCUT2D eigenvalue weighted by Crippen LogP contribution is 2.13. The lowest BCUT2D eigenvalue weighted by Crippen LogP contribution is -1.84. The smallest absolute Gasteiger partial charge is 0.0508 e. The molecular weight excluding hydrogens is 130 g/mol. The molecule has 1 rings (SSSR count). The Labute approximate surface area is 60.5 Å². The van der Waals surface area contributed by atoms with E-state index >= 15 is 0 Å². The molecule has 1 heterocycles. The lowest BCUT2D eigenvalue weighted by molar-refractivity contribution is 1.08. The van der Waals surface area contributed by atoms with E-state index in [1.165, 1.54) is 5.56 Å². The van der Waals surface area contributed by atoms with Gasteiger partial charge in [0.05, 0.1) is 5.69 Å². The molecule has 1 aromatic rings. The first-order valence-electron chi connectivity index (χ1n) is 2.83. The fraction of sp³-hybridized carbons (Fsp3) is 0.286. The third-order valence-corrected chi connectivity index (χ3v) is 1.99. The van der Waals surface area contributed by atoms with Gasteiger partial charge < -0.3 is 0 Å². The largest absolute Gasteiger partial charge is 0.260 e. The molecular formula is C7H9NS. The minimum Gasteiger partial charge on any atom is -0.260 e. The molecule has 1 nitrogen and oxygen atoms in total. The Morgan fingerprint density at radius 1 is 1.44 bits per heavy atom. The van der Waals surface area contributed by atoms with Crippen molar-refractivity contribution >= 4 is 12.6 Å². The molecule has 2 heteroatoms. The molecule has 0 saturated carbocycles. The highest BCUT2D eigenvalue weighted by atomic mass is 32.1. The van der Waals surface area contributed by atoms with E-state index in [9.17, 15) is 0 Å². The second kappa shape index (κ2) is 2.40. The minimum absolute atomic E-state index is 0.998. The van der Waals surface area contributed by atoms with Gasteiger partial charge in [-0.2, -0.15) is 0 Å². The van der Waals surface area contributed by atoms with Crippen molar-refractivity contribution in [2.24, 2.45) is 0 Å². The SMILES string of the molecule is Cc1ccnc(C)c1S. The quantitative estimate of drug-likeness (QED) is 0.542. The summed E-state index contributed by atoms with van der Waals surface area (Å²) in [6.45, 7) is 3.98. The topological polar surface area (TPSA) is 12.9 Å². The Morgan fingerprint density at radius 2 is 2.11 bits per heavy atom. The first kappa shape index (κ1) is 6.62. The van der Waals surface area contributed by atoms with Crippen molar-refractivity contribution in [3.8, 4) is 0 Å². The third kappa shape index (κ3) is 1.24. The summed E-state index contributed by atoms with van der Waals surface area (Å²) in [5.74, 6) is 0. The van der Waals surface area contributed by atoms with Crippen molar-refractivity contribution < 1.29 is 0 Å². The number of rotatable bonds is 0. The normalized spacial score (nSPS) is 9.67. The summed E-state index contributed by atoms with van der Waals surface area (Å²) in [5, 5.41) is 0. The maximum atomic E-state index is 4.25. The average Bonchev–Trinajstić information content (AvgIpc) is 1.83. The lowest BCUT2D eigenvalue weighted by atomic mass is 10.2. The Morgan fingerprint density at radius 3 is 2.56 bits per heavy atom. The van der Waals surface area contributed by atoms with E-state index in [1.807, 2.05) is 19.9 Å². The summed E-state index contributed by atoms with van der Waals surface area (Å²) < 4.78 is 0. The van der Waals surface area contributed by atoms with Gasteiger partial charge in [0.25, 0.3) is 0 Å². The van der Waals surface area contributed by atoms with Crippen LogP contribution in [0.2, 0.25) is 0 Å². The summed E-state index contributed by atoms with van der Waals surface area (Å²) in [4.78, 5) is 5.06. The number of hydrogen-bond donors (Lipinski definition) is 1. The highest BCUT2D eigenvalue weighted by molar-refractivity contribution is 7.80. The number of nitrogens with zero attached hydrogens (tertiary/aromatic N) is 1. The molecule has 0 radical (unpaired) electrons. The molecule has 0 aromatic carbocycles. The molecule has 0 amide bonds. The van der Waals surface area contributed by atoms with E-state index in [-0.39, 0.29) is 0 Å². The van der Waals surface area contributed by atoms with Gasteiger partial charge in [-0.3, -0.25) is 4.98 Å². The van der Waals surface area contributed by atoms with Gasteiger partial charge in [-0.25, -0.2) is 0 Å². The van der Waals surface area contributed by atoms with E-state index in [0.717, 1.165) is 10.6 Å². The Kier molecular flexibility index (Phi) is 1.76. The van der Waals surface area contributed by atoms with E-state index in [1.54, 1.807) is 6.20 Å². The van der Waals surface area contributed by atoms with Gasteiger partial charge in [-0.1, -0.05) is 0 Å². The maximum Gasteiger partial charge on any atom is 0.0508 e. The summed E-state index contributed by atoms with van der Waals surface area (Å²) in [6, 6.07) is 1.95. The predicted octanol–water partition coefficient (Wildman–Crippen LogP) is 1.99. The molecule has 0 fully saturated rings. The Hall–Kier alpha value is -0.500. The zero-order valence-corrected chi connectivity index (χ0v) is 6.44. The second-order valence-electron chi connectivity index (χ2n) is 2.06. The van der Waals surface area contributed by atoms with Crippen LogP contribution < -0.4 is 0 Å². The molecule has 0 aliphatic carbocycles. The van der Waals surface area contributed by atoms with Gasteiger partial charge in [0, 0.05) is 11.1 Å². The molecule has 0 atom stereocenters. The van der Waals surface area contributed by atoms with Crippen LogP contribution in [0.4, 0.5) is 0 Å². The zero-order valence-electron chi connectivity index (χ0n) is 5.55. The van der Waals surface area contributed by atoms with Crippen molar-refractivity contribution in [1.82, 2.24) is 4.98 Å². The molecule has 0 N–H and O–H groups in total. The van der Waals surface area contributed by atoms with Gasteiger partial charge in [0.15, 0.2) is 0 Å². The summed E-state index contributed by atoms with van der Waals surface area (Å²) in [5.41, 5.74) is 2.18. The number of aromatic nitrogens is 1. The van der Waals surface area contributed by atoms with E-state index in [4.69, 9.17) is 0 Å². The fourth-order valence-electron chi connectivity index (χ4n) is 0.686. The third-order valence-electron chi connectivity index (χ3n) is 1.31. The van der Waals surface area contributed by atoms with Crippen LogP contribution in [0, 0.1) is 13.8 Å². The van der Waals surface area contributed by atoms with Crippen LogP contribution >= 0.6 is 12.6 Å². The number of aryl methyl sites for hydroxylation is 2. The minimum atomic E-state index is 0.998. The fourth-order valence-corrected chi connectivity index (χ4v) is 0.819. The van der Waals surface area contributed by atoms with E-state index < -0.39 is 0 Å². The standard InChI is InChI=1S/C7H9NS/c1-5-3-4-8-6(2)7(5)9/h3-4,9H,1-2H3. The molecule has 9 heavy (non-hydrogen) atoms. The first-order chi connectivity index (χ1) is 4.22. The first-order valence-corrected chi connectivity index (χ1v) is 3.27. The molecule has 0 aliphatic heterocycles. The molecule has 0 unspecified atom stereocenters. The van der Waals surface area contributed by atoms with E-state index in [0.29, 0.717) is 0 Å². The predicted molar refractivity (Wildman–Crippen MR) is 41.0 cm³/mol. The maximum absolute atomic E-state index is 4.25. The van der Waals surface area contributed by atoms with Crippen molar-refractivity contribution in [3.63, 3.8) is 0 Å². The van der Waals surface area contributed by atoms with Gasteiger partial charge >= 0.3 is 0 Å². The van der Waals surface area contributed by atoms with Crippen molar-refractivity contribution in [1.29, 1.82) is 0 Å². The average molecular weight is 139 g/mol. The molecule has 0 aliphatic rings. The van der Waals surface area contributed by atoms with Crippen LogP contribution in [-0.2, 0) is 0 Å². The van der Waals surface area contributed by atoms with Gasteiger partial charge in [0.2, 0.25) is 0 Å². The Balaban J connectivity index is 3.25. The van der Waals surface area contributed by atoms with Crippen molar-refractivity contribution in [3.05, 3.63) is 23.5 Å². The summed E-state index contributed by atoms with van der Waals surface area (Å²) in [7, 11) is 0. The van der Waals surface area contributed by atoms with Crippen LogP contribution in [-0.4, -0.2) is 4.98 Å². The number of hydrogen-bond acceptors (Lipinski definition) is 2. The lowest BCUT2D eigenvalue weighted by Gasteiger charge is -1.98. The van der Waals surface area contributed by atoms with E-state index in [2.05, 4.69) is 17.6 Å². The van der Waals surface area contributed by atoms with Crippen LogP contribution in [0.5, 0.6) is 0 Å². The van der Waals surface area contributed by atoms with Crippen LogP contribution in [0.25, 0.3) is 0 Å². The number of thiol groups is 1. The highest BCUT2D eigenvalue weighted by Gasteiger charge is 1.94. The second-order valence-corrected chi connectivity index (χ2v) is 2.51. The molecule has 48 valence electrons. The van der Waals surface area contributed by atoms with Crippen molar-refractivity contribution in [2.45, 2.75) is 18.7 Å². The van der Waals surface area contributed by atoms with Crippen LogP contribution in [0.15, 0.2) is 17.2 Å². The molecule has 0 bridgehead atoms. The van der Waals surface area contributed by atoms with Gasteiger partial charge in [-0.15, -0.1) is 12.6 Å². The monoisotopic (exact) mass is 139 g/mol. The molecule has 0 saturated heterocycles. The van der Waals surface area contributed by atoms with Crippen LogP contribution in [0.1, 0.15) is 11.3 Å².